The Bertz CT molecular complexity index is 1390. The second kappa shape index (κ2) is 11.7. The van der Waals surface area contributed by atoms with E-state index in [0.29, 0.717) is 27.1 Å². The first kappa shape index (κ1) is 27.2. The van der Waals surface area contributed by atoms with Crippen molar-refractivity contribution in [1.82, 2.24) is 4.90 Å². The number of halogens is 3. The molecular weight excluding hydrogens is 537 g/mol. The van der Waals surface area contributed by atoms with Gasteiger partial charge < -0.3 is 14.8 Å². The fraction of sp³-hybridized carbons (Fsp3) is 0.148. The second-order valence-electron chi connectivity index (χ2n) is 8.08. The van der Waals surface area contributed by atoms with Crippen LogP contribution in [-0.4, -0.2) is 34.8 Å². The van der Waals surface area contributed by atoms with Crippen molar-refractivity contribution in [2.45, 2.75) is 12.7 Å². The highest BCUT2D eigenvalue weighted by atomic mass is 32.2. The van der Waals surface area contributed by atoms with E-state index >= 15 is 0 Å². The molecule has 0 aliphatic carbocycles. The molecule has 6 nitrogen and oxygen atoms in total. The third-order valence-electron chi connectivity index (χ3n) is 5.37. The van der Waals surface area contributed by atoms with Gasteiger partial charge in [0.1, 0.15) is 4.32 Å². The van der Waals surface area contributed by atoms with Crippen molar-refractivity contribution in [1.29, 1.82) is 0 Å². The lowest BCUT2D eigenvalue weighted by Crippen LogP contribution is -2.27. The molecule has 0 atom stereocenters. The molecule has 4 rings (SSSR count). The molecule has 2 amide bonds. The molecule has 3 aromatic rings. The minimum atomic E-state index is -4.52. The smallest absolute Gasteiger partial charge is 0.416 e. The van der Waals surface area contributed by atoms with Crippen LogP contribution in [0.25, 0.3) is 6.08 Å². The van der Waals surface area contributed by atoms with Crippen molar-refractivity contribution in [2.24, 2.45) is 0 Å². The average Bonchev–Trinajstić information content (AvgIpc) is 3.15. The van der Waals surface area contributed by atoms with Crippen LogP contribution < -0.4 is 14.8 Å². The molecule has 11 heteroatoms. The normalized spacial score (nSPS) is 14.6. The molecule has 1 heterocycles. The molecule has 1 fully saturated rings. The highest BCUT2D eigenvalue weighted by Crippen LogP contribution is 2.35. The number of anilines is 1. The summed E-state index contributed by atoms with van der Waals surface area (Å²) in [6.07, 6.45) is -2.83. The molecule has 196 valence electrons. The molecule has 1 saturated heterocycles. The van der Waals surface area contributed by atoms with E-state index in [1.165, 1.54) is 31.0 Å². The van der Waals surface area contributed by atoms with E-state index in [1.807, 2.05) is 30.3 Å². The number of hydrogen-bond donors (Lipinski definition) is 1. The number of thiocarbonyl (C=S) groups is 1. The van der Waals surface area contributed by atoms with Gasteiger partial charge in [0, 0.05) is 5.69 Å². The molecule has 1 N–H and O–H groups in total. The van der Waals surface area contributed by atoms with E-state index in [0.717, 1.165) is 17.7 Å². The molecule has 0 aromatic heterocycles. The van der Waals surface area contributed by atoms with E-state index in [2.05, 4.69) is 5.32 Å². The van der Waals surface area contributed by atoms with Crippen molar-refractivity contribution in [3.8, 4) is 11.5 Å². The lowest BCUT2D eigenvalue weighted by atomic mass is 10.1. The number of methoxy groups -OCH3 is 1. The Labute approximate surface area is 226 Å². The first-order valence-electron chi connectivity index (χ1n) is 11.2. The number of ether oxygens (including phenoxy) is 2. The van der Waals surface area contributed by atoms with Gasteiger partial charge in [-0.25, -0.2) is 0 Å². The number of nitrogens with zero attached hydrogens (tertiary/aromatic N) is 1. The van der Waals surface area contributed by atoms with Crippen LogP contribution in [0.1, 0.15) is 16.7 Å². The van der Waals surface area contributed by atoms with Gasteiger partial charge in [-0.2, -0.15) is 13.2 Å². The summed E-state index contributed by atoms with van der Waals surface area (Å²) in [6.45, 7) is -0.0778. The molecule has 0 unspecified atom stereocenters. The lowest BCUT2D eigenvalue weighted by Gasteiger charge is -2.14. The largest absolute Gasteiger partial charge is 0.493 e. The molecule has 0 radical (unpaired) electrons. The molecule has 0 saturated carbocycles. The number of carbonyl (C=O) groups excluding carboxylic acids is 2. The third-order valence-corrected chi connectivity index (χ3v) is 6.75. The summed E-state index contributed by atoms with van der Waals surface area (Å²) in [6, 6.07) is 18.8. The lowest BCUT2D eigenvalue weighted by molar-refractivity contribution is -0.137. The monoisotopic (exact) mass is 558 g/mol. The summed E-state index contributed by atoms with van der Waals surface area (Å²) in [5.74, 6) is -0.280. The van der Waals surface area contributed by atoms with Gasteiger partial charge >= 0.3 is 6.18 Å². The summed E-state index contributed by atoms with van der Waals surface area (Å²) in [7, 11) is 1.42. The van der Waals surface area contributed by atoms with Crippen LogP contribution in [0, 0.1) is 0 Å². The molecule has 0 bridgehead atoms. The van der Waals surface area contributed by atoms with Crippen LogP contribution in [0.3, 0.4) is 0 Å². The predicted octanol–water partition coefficient (Wildman–Crippen LogP) is 6.13. The maximum Gasteiger partial charge on any atom is 0.416 e. The minimum absolute atomic E-state index is 0.000293. The van der Waals surface area contributed by atoms with Crippen molar-refractivity contribution in [3.05, 3.63) is 94.4 Å². The maximum atomic E-state index is 12.9. The number of nitrogens with one attached hydrogen (secondary N) is 1. The zero-order chi connectivity index (χ0) is 27.3. The van der Waals surface area contributed by atoms with Gasteiger partial charge in [0.05, 0.1) is 24.1 Å². The van der Waals surface area contributed by atoms with Gasteiger partial charge in [-0.3, -0.25) is 14.5 Å². The molecule has 1 aliphatic heterocycles. The van der Waals surface area contributed by atoms with Crippen LogP contribution in [0.15, 0.2) is 77.7 Å². The predicted molar refractivity (Wildman–Crippen MR) is 144 cm³/mol. The van der Waals surface area contributed by atoms with E-state index in [9.17, 15) is 22.8 Å². The van der Waals surface area contributed by atoms with E-state index in [-0.39, 0.29) is 17.3 Å². The Morgan fingerprint density at radius 3 is 2.53 bits per heavy atom. The SMILES string of the molecule is COc1cc(/C=C2\SC(=S)N(Cc3ccccc3)C2=O)ccc1OCC(=O)Nc1cccc(C(F)(F)F)c1. The van der Waals surface area contributed by atoms with Gasteiger partial charge in [-0.1, -0.05) is 66.4 Å². The highest BCUT2D eigenvalue weighted by Gasteiger charge is 2.32. The van der Waals surface area contributed by atoms with Gasteiger partial charge in [0.25, 0.3) is 11.8 Å². The number of thioether (sulfide) groups is 1. The Morgan fingerprint density at radius 2 is 1.82 bits per heavy atom. The number of hydrogen-bond acceptors (Lipinski definition) is 6. The van der Waals surface area contributed by atoms with Crippen LogP contribution in [0.4, 0.5) is 18.9 Å². The second-order valence-corrected chi connectivity index (χ2v) is 9.75. The van der Waals surface area contributed by atoms with Crippen LogP contribution in [-0.2, 0) is 22.3 Å². The average molecular weight is 559 g/mol. The van der Waals surface area contributed by atoms with Gasteiger partial charge in [0.15, 0.2) is 18.1 Å². The minimum Gasteiger partial charge on any atom is -0.493 e. The first-order chi connectivity index (χ1) is 18.1. The Morgan fingerprint density at radius 1 is 1.05 bits per heavy atom. The van der Waals surface area contributed by atoms with E-state index < -0.39 is 24.3 Å². The number of alkyl halides is 3. The van der Waals surface area contributed by atoms with Crippen LogP contribution in [0.2, 0.25) is 0 Å². The molecule has 38 heavy (non-hydrogen) atoms. The number of rotatable bonds is 8. The van der Waals surface area contributed by atoms with Crippen molar-refractivity contribution in [3.63, 3.8) is 0 Å². The summed E-state index contributed by atoms with van der Waals surface area (Å²) >= 11 is 6.60. The molecular formula is C27H21F3N2O4S2. The first-order valence-corrected chi connectivity index (χ1v) is 12.4. The van der Waals surface area contributed by atoms with Gasteiger partial charge in [-0.15, -0.1) is 0 Å². The zero-order valence-electron chi connectivity index (χ0n) is 20.0. The fourth-order valence-corrected chi connectivity index (χ4v) is 4.82. The fourth-order valence-electron chi connectivity index (χ4n) is 3.56. The molecule has 3 aromatic carbocycles. The quantitative estimate of drug-likeness (QED) is 0.265. The zero-order valence-corrected chi connectivity index (χ0v) is 21.6. The van der Waals surface area contributed by atoms with Crippen molar-refractivity contribution < 1.29 is 32.2 Å². The van der Waals surface area contributed by atoms with Crippen LogP contribution in [0.5, 0.6) is 11.5 Å². The van der Waals surface area contributed by atoms with Crippen molar-refractivity contribution >= 4 is 51.9 Å². The summed E-state index contributed by atoms with van der Waals surface area (Å²) in [5.41, 5.74) is 0.749. The highest BCUT2D eigenvalue weighted by molar-refractivity contribution is 8.26. The number of amides is 2. The standard InChI is InChI=1S/C27H21F3N2O4S2/c1-35-22-12-18(13-23-25(34)32(26(37)38-23)15-17-6-3-2-4-7-17)10-11-21(22)36-16-24(33)31-20-9-5-8-19(14-20)27(28,29)30/h2-14H,15-16H2,1H3,(H,31,33)/b23-13-. The Hall–Kier alpha value is -3.83. The molecule has 1 aliphatic rings. The topological polar surface area (TPSA) is 67.9 Å². The summed E-state index contributed by atoms with van der Waals surface area (Å²) in [5, 5.41) is 2.38. The van der Waals surface area contributed by atoms with E-state index in [4.69, 9.17) is 21.7 Å². The maximum absolute atomic E-state index is 12.9. The Balaban J connectivity index is 1.40. The summed E-state index contributed by atoms with van der Waals surface area (Å²) in [4.78, 5) is 27.2. The molecule has 0 spiro atoms. The number of benzene rings is 3. The summed E-state index contributed by atoms with van der Waals surface area (Å²) < 4.78 is 50.0. The van der Waals surface area contributed by atoms with Gasteiger partial charge in [0.2, 0.25) is 0 Å². The Kier molecular flexibility index (Phi) is 8.38. The van der Waals surface area contributed by atoms with Crippen LogP contribution >= 0.6 is 24.0 Å². The van der Waals surface area contributed by atoms with Gasteiger partial charge in [-0.05, 0) is 47.5 Å². The van der Waals surface area contributed by atoms with E-state index in [1.54, 1.807) is 29.2 Å². The number of carbonyl (C=O) groups is 2. The third kappa shape index (κ3) is 6.73. The van der Waals surface area contributed by atoms with Crippen molar-refractivity contribution in [2.75, 3.05) is 19.0 Å².